The van der Waals surface area contributed by atoms with Crippen LogP contribution in [0.15, 0.2) is 62.2 Å². The highest BCUT2D eigenvalue weighted by Crippen LogP contribution is 2.25. The van der Waals surface area contributed by atoms with Gasteiger partial charge in [-0.3, -0.25) is 5.43 Å². The van der Waals surface area contributed by atoms with Crippen molar-refractivity contribution in [3.8, 4) is 11.3 Å². The second-order valence-electron chi connectivity index (χ2n) is 5.96. The van der Waals surface area contributed by atoms with Gasteiger partial charge in [-0.25, -0.2) is 9.78 Å². The van der Waals surface area contributed by atoms with Crippen LogP contribution in [0.25, 0.3) is 22.2 Å². The molecule has 0 spiro atoms. The molecule has 2 heterocycles. The monoisotopic (exact) mass is 351 g/mol. The van der Waals surface area contributed by atoms with E-state index in [2.05, 4.69) is 27.7 Å². The van der Waals surface area contributed by atoms with Crippen LogP contribution in [0.5, 0.6) is 0 Å². The maximum absolute atomic E-state index is 12.2. The van der Waals surface area contributed by atoms with Crippen LogP contribution in [0.2, 0.25) is 0 Å². The van der Waals surface area contributed by atoms with E-state index in [9.17, 15) is 4.79 Å². The minimum Gasteiger partial charge on any atom is -0.422 e. The van der Waals surface area contributed by atoms with Crippen molar-refractivity contribution in [1.82, 2.24) is 4.98 Å². The number of nitrogens with one attached hydrogen (secondary N) is 1. The normalized spacial score (nSPS) is 17.4. The summed E-state index contributed by atoms with van der Waals surface area (Å²) < 4.78 is 5.37. The van der Waals surface area contributed by atoms with E-state index in [0.717, 1.165) is 24.6 Å². The van der Waals surface area contributed by atoms with E-state index in [0.29, 0.717) is 27.9 Å². The SMILES string of the molecule is O=c1oc2ccccc2cc1-c1csc(N/N=C/[C@H]2CC=CCC2)n1. The number of benzene rings is 1. The second-order valence-corrected chi connectivity index (χ2v) is 6.82. The molecule has 1 aromatic carbocycles. The van der Waals surface area contributed by atoms with E-state index >= 15 is 0 Å². The predicted octanol–water partition coefficient (Wildman–Crippen LogP) is 4.67. The first-order valence-corrected chi connectivity index (χ1v) is 9.10. The van der Waals surface area contributed by atoms with Crippen LogP contribution >= 0.6 is 11.3 Å². The summed E-state index contributed by atoms with van der Waals surface area (Å²) in [5.74, 6) is 0.476. The first kappa shape index (κ1) is 15.8. The van der Waals surface area contributed by atoms with Crippen molar-refractivity contribution in [3.05, 3.63) is 58.3 Å². The van der Waals surface area contributed by atoms with Gasteiger partial charge in [0.05, 0.1) is 11.3 Å². The van der Waals surface area contributed by atoms with Crippen molar-refractivity contribution < 1.29 is 4.42 Å². The number of nitrogens with zero attached hydrogens (tertiary/aromatic N) is 2. The lowest BCUT2D eigenvalue weighted by molar-refractivity contribution is 0.563. The molecule has 1 aliphatic carbocycles. The van der Waals surface area contributed by atoms with Gasteiger partial charge in [0, 0.05) is 17.0 Å². The molecule has 3 aromatic rings. The van der Waals surface area contributed by atoms with Crippen LogP contribution < -0.4 is 11.1 Å². The molecule has 6 heteroatoms. The summed E-state index contributed by atoms with van der Waals surface area (Å²) in [5, 5.41) is 7.65. The number of hydrogen-bond donors (Lipinski definition) is 1. The number of hydrogen-bond acceptors (Lipinski definition) is 6. The molecule has 4 rings (SSSR count). The number of rotatable bonds is 4. The van der Waals surface area contributed by atoms with E-state index in [-0.39, 0.29) is 5.63 Å². The minimum atomic E-state index is -0.381. The van der Waals surface area contributed by atoms with E-state index in [1.165, 1.54) is 11.3 Å². The Morgan fingerprint density at radius 3 is 3.12 bits per heavy atom. The van der Waals surface area contributed by atoms with Crippen LogP contribution in [0, 0.1) is 5.92 Å². The topological polar surface area (TPSA) is 67.5 Å². The number of thiazole rings is 1. The van der Waals surface area contributed by atoms with Gasteiger partial charge < -0.3 is 4.42 Å². The summed E-state index contributed by atoms with van der Waals surface area (Å²) in [6.45, 7) is 0. The number of para-hydroxylation sites is 1. The first-order chi connectivity index (χ1) is 12.3. The first-order valence-electron chi connectivity index (χ1n) is 8.22. The number of anilines is 1. The zero-order chi connectivity index (χ0) is 17.1. The van der Waals surface area contributed by atoms with Crippen molar-refractivity contribution in [1.29, 1.82) is 0 Å². The Morgan fingerprint density at radius 1 is 1.32 bits per heavy atom. The Balaban J connectivity index is 1.53. The molecular weight excluding hydrogens is 334 g/mol. The van der Waals surface area contributed by atoms with Gasteiger partial charge in [0.1, 0.15) is 5.58 Å². The molecule has 0 radical (unpaired) electrons. The maximum Gasteiger partial charge on any atom is 0.345 e. The summed E-state index contributed by atoms with van der Waals surface area (Å²) >= 11 is 1.41. The zero-order valence-corrected chi connectivity index (χ0v) is 14.3. The smallest absolute Gasteiger partial charge is 0.345 e. The van der Waals surface area contributed by atoms with E-state index in [1.807, 2.05) is 35.9 Å². The maximum atomic E-state index is 12.2. The summed E-state index contributed by atoms with van der Waals surface area (Å²) in [6.07, 6.45) is 9.61. The molecule has 0 saturated heterocycles. The summed E-state index contributed by atoms with van der Waals surface area (Å²) in [6, 6.07) is 9.27. The Morgan fingerprint density at radius 2 is 2.24 bits per heavy atom. The Kier molecular flexibility index (Phi) is 4.43. The van der Waals surface area contributed by atoms with Crippen LogP contribution in [0.1, 0.15) is 19.3 Å². The summed E-state index contributed by atoms with van der Waals surface area (Å²) in [5.41, 5.74) is 4.22. The third-order valence-corrected chi connectivity index (χ3v) is 4.92. The number of fused-ring (bicyclic) bond motifs is 1. The molecule has 1 atom stereocenters. The fourth-order valence-corrected chi connectivity index (χ4v) is 3.50. The molecule has 0 amide bonds. The zero-order valence-electron chi connectivity index (χ0n) is 13.5. The Bertz CT molecular complexity index is 1000. The lowest BCUT2D eigenvalue weighted by atomic mass is 9.96. The molecule has 0 fully saturated rings. The van der Waals surface area contributed by atoms with Gasteiger partial charge in [0.15, 0.2) is 0 Å². The molecule has 1 N–H and O–H groups in total. The van der Waals surface area contributed by atoms with Gasteiger partial charge in [-0.05, 0) is 37.3 Å². The molecule has 25 heavy (non-hydrogen) atoms. The second kappa shape index (κ2) is 7.03. The highest BCUT2D eigenvalue weighted by molar-refractivity contribution is 7.14. The average molecular weight is 351 g/mol. The summed E-state index contributed by atoms with van der Waals surface area (Å²) in [4.78, 5) is 16.7. The lowest BCUT2D eigenvalue weighted by Gasteiger charge is -2.11. The highest BCUT2D eigenvalue weighted by atomic mass is 32.1. The molecule has 0 saturated carbocycles. The van der Waals surface area contributed by atoms with Crippen LogP contribution in [-0.4, -0.2) is 11.2 Å². The molecule has 0 unspecified atom stereocenters. The van der Waals surface area contributed by atoms with Gasteiger partial charge in [0.25, 0.3) is 0 Å². The van der Waals surface area contributed by atoms with E-state index < -0.39 is 0 Å². The van der Waals surface area contributed by atoms with Crippen LogP contribution in [0.3, 0.4) is 0 Å². The van der Waals surface area contributed by atoms with Crippen molar-refractivity contribution in [2.45, 2.75) is 19.3 Å². The van der Waals surface area contributed by atoms with Crippen molar-refractivity contribution in [2.24, 2.45) is 11.0 Å². The third kappa shape index (κ3) is 3.53. The third-order valence-electron chi connectivity index (χ3n) is 4.18. The van der Waals surface area contributed by atoms with Crippen LogP contribution in [0.4, 0.5) is 5.13 Å². The molecule has 0 aliphatic heterocycles. The van der Waals surface area contributed by atoms with Crippen molar-refractivity contribution in [2.75, 3.05) is 5.43 Å². The molecule has 126 valence electrons. The fraction of sp³-hybridized carbons (Fsp3) is 0.211. The molecular formula is C19H17N3O2S. The molecule has 1 aliphatic rings. The molecule has 5 nitrogen and oxygen atoms in total. The fourth-order valence-electron chi connectivity index (χ4n) is 2.84. The quantitative estimate of drug-likeness (QED) is 0.321. The molecule has 0 bridgehead atoms. The van der Waals surface area contributed by atoms with Gasteiger partial charge in [-0.1, -0.05) is 30.4 Å². The Labute approximate surface area is 148 Å². The molecule has 2 aromatic heterocycles. The van der Waals surface area contributed by atoms with Gasteiger partial charge >= 0.3 is 5.63 Å². The van der Waals surface area contributed by atoms with E-state index in [4.69, 9.17) is 4.42 Å². The number of allylic oxidation sites excluding steroid dienone is 2. The van der Waals surface area contributed by atoms with Crippen LogP contribution in [-0.2, 0) is 0 Å². The Hall–Kier alpha value is -2.73. The van der Waals surface area contributed by atoms with Gasteiger partial charge in [0.2, 0.25) is 5.13 Å². The minimum absolute atomic E-state index is 0.381. The number of aromatic nitrogens is 1. The largest absolute Gasteiger partial charge is 0.422 e. The van der Waals surface area contributed by atoms with Gasteiger partial charge in [-0.15, -0.1) is 11.3 Å². The lowest BCUT2D eigenvalue weighted by Crippen LogP contribution is -2.05. The average Bonchev–Trinajstić information content (AvgIpc) is 3.11. The van der Waals surface area contributed by atoms with E-state index in [1.54, 1.807) is 6.07 Å². The number of hydrazone groups is 1. The highest BCUT2D eigenvalue weighted by Gasteiger charge is 2.11. The predicted molar refractivity (Wildman–Crippen MR) is 102 cm³/mol. The van der Waals surface area contributed by atoms with Crippen molar-refractivity contribution in [3.63, 3.8) is 0 Å². The van der Waals surface area contributed by atoms with Crippen molar-refractivity contribution >= 4 is 33.7 Å². The summed E-state index contributed by atoms with van der Waals surface area (Å²) in [7, 11) is 0. The van der Waals surface area contributed by atoms with Gasteiger partial charge in [-0.2, -0.15) is 5.10 Å². The standard InChI is InChI=1S/C19H17N3O2S/c23-18-15(10-14-8-4-5-9-17(14)24-18)16-12-25-19(21-16)22-20-11-13-6-2-1-3-7-13/h1-2,4-5,8-13H,3,6-7H2,(H,21,22)/b20-11+/t13-/m0/s1.